The number of likely N-dealkylation sites (N-methyl/N-ethyl adjacent to an activating group) is 1. The van der Waals surface area contributed by atoms with E-state index < -0.39 is 76.7 Å². The zero-order chi connectivity index (χ0) is 62.1. The summed E-state index contributed by atoms with van der Waals surface area (Å²) in [5.74, 6) is 1.96. The predicted molar refractivity (Wildman–Crippen MR) is 322 cm³/mol. The van der Waals surface area contributed by atoms with Gasteiger partial charge in [0.25, 0.3) is 0 Å². The summed E-state index contributed by atoms with van der Waals surface area (Å²) in [6.07, 6.45) is 0.762. The van der Waals surface area contributed by atoms with E-state index in [1.54, 1.807) is 74.3 Å². The van der Waals surface area contributed by atoms with Crippen molar-refractivity contribution in [1.29, 1.82) is 0 Å². The number of carbonyl (C=O) groups is 9. The highest BCUT2D eigenvalue weighted by molar-refractivity contribution is 6.00. The molecule has 1 heterocycles. The summed E-state index contributed by atoms with van der Waals surface area (Å²) in [7, 11) is 1.60. The van der Waals surface area contributed by atoms with Crippen LogP contribution in [0.25, 0.3) is 0 Å². The third-order valence-electron chi connectivity index (χ3n) is 14.3. The van der Waals surface area contributed by atoms with Crippen LogP contribution in [0.5, 0.6) is 0 Å². The zero-order valence-corrected chi connectivity index (χ0v) is 49.9. The van der Waals surface area contributed by atoms with Gasteiger partial charge in [-0.2, -0.15) is 0 Å². The number of hydrogen-bond acceptors (Lipinski definition) is 10. The number of hydrogen-bond donors (Lipinski definition) is 8. The molecule has 0 saturated carbocycles. The maximum atomic E-state index is 14.0. The topological polar surface area (TPSA) is 288 Å². The number of carbonyl (C=O) groups excluding carboxylic acids is 8. The zero-order valence-electron chi connectivity index (χ0n) is 49.9. The van der Waals surface area contributed by atoms with Gasteiger partial charge in [0.2, 0.25) is 35.4 Å². The maximum Gasteiger partial charge on any atom is 0.411 e. The number of nitrogens with zero attached hydrogens (tertiary/aromatic N) is 2. The minimum Gasteiger partial charge on any atom is -0.478 e. The Bertz CT molecular complexity index is 3150. The highest BCUT2D eigenvalue weighted by atomic mass is 16.5. The second-order valence-electron chi connectivity index (χ2n) is 23.4. The minimum absolute atomic E-state index is 0.00974. The van der Waals surface area contributed by atoms with E-state index in [1.165, 1.54) is 11.8 Å². The Hall–Kier alpha value is -8.99. The molecule has 0 aliphatic carbocycles. The minimum atomic E-state index is -1.12. The fourth-order valence-corrected chi connectivity index (χ4v) is 9.42. The van der Waals surface area contributed by atoms with Gasteiger partial charge in [0, 0.05) is 60.9 Å². The van der Waals surface area contributed by atoms with Crippen molar-refractivity contribution in [2.24, 2.45) is 23.0 Å². The fourth-order valence-electron chi connectivity index (χ4n) is 9.42. The van der Waals surface area contributed by atoms with Crippen LogP contribution in [-0.2, 0) is 56.9 Å². The SMILES string of the molecule is C/C(=C\[C@H](C(C)C)N(C)C(=O)[C@@H](NC(=O)CC(C)(C)c1cccc(NC(=O)OCc2ccc(NC(=O)[C@H](CCCNC(N)=O)NC(=O)[C@@H](NC(=O)CCC(=O)N3Cc4ccccc4C#Cc4ccccc43)C(C)C)cc2)c1)C(C)(C)C)C(=O)O. The number of para-hydroxylation sites is 1. The molecule has 4 aromatic carbocycles. The molecule has 0 spiro atoms. The lowest BCUT2D eigenvalue weighted by Crippen LogP contribution is -2.56. The van der Waals surface area contributed by atoms with Gasteiger partial charge in [0.15, 0.2) is 0 Å². The number of ether oxygens (including phenoxy) is 1. The van der Waals surface area contributed by atoms with Crippen LogP contribution >= 0.6 is 0 Å². The summed E-state index contributed by atoms with van der Waals surface area (Å²) in [6, 6.07) is 23.9. The Labute approximate surface area is 492 Å². The van der Waals surface area contributed by atoms with Gasteiger partial charge < -0.3 is 52.0 Å². The van der Waals surface area contributed by atoms with Crippen LogP contribution in [0.1, 0.15) is 129 Å². The fraction of sp³-hybridized carbons (Fsp3) is 0.422. The smallest absolute Gasteiger partial charge is 0.411 e. The lowest BCUT2D eigenvalue weighted by molar-refractivity contribution is -0.140. The van der Waals surface area contributed by atoms with Crippen molar-refractivity contribution in [3.8, 4) is 11.8 Å². The highest BCUT2D eigenvalue weighted by Crippen LogP contribution is 2.31. The Morgan fingerprint density at radius 1 is 0.750 bits per heavy atom. The van der Waals surface area contributed by atoms with Crippen molar-refractivity contribution >= 4 is 70.6 Å². The van der Waals surface area contributed by atoms with E-state index in [2.05, 4.69) is 43.7 Å². The number of amides is 9. The number of anilines is 3. The first-order valence-electron chi connectivity index (χ1n) is 28.1. The quantitative estimate of drug-likeness (QED) is 0.0179. The average Bonchev–Trinajstić information content (AvgIpc) is 3.52. The first-order valence-corrected chi connectivity index (χ1v) is 28.1. The molecule has 4 atom stereocenters. The first kappa shape index (κ1) is 65.8. The third-order valence-corrected chi connectivity index (χ3v) is 14.3. The van der Waals surface area contributed by atoms with Gasteiger partial charge >= 0.3 is 18.1 Å². The number of rotatable bonds is 25. The summed E-state index contributed by atoms with van der Waals surface area (Å²) < 4.78 is 5.53. The van der Waals surface area contributed by atoms with Crippen LogP contribution in [0, 0.1) is 29.1 Å². The largest absolute Gasteiger partial charge is 0.478 e. The molecule has 1 aliphatic rings. The van der Waals surface area contributed by atoms with Crippen molar-refractivity contribution in [3.63, 3.8) is 0 Å². The van der Waals surface area contributed by atoms with E-state index >= 15 is 0 Å². The summed E-state index contributed by atoms with van der Waals surface area (Å²) in [5.41, 5.74) is 8.96. The number of aliphatic carboxylic acids is 1. The van der Waals surface area contributed by atoms with Crippen LogP contribution in [0.2, 0.25) is 0 Å². The van der Waals surface area contributed by atoms with Crippen molar-refractivity contribution in [2.45, 2.75) is 144 Å². The van der Waals surface area contributed by atoms with Crippen molar-refractivity contribution < 1.29 is 53.0 Å². The second-order valence-corrected chi connectivity index (χ2v) is 23.4. The normalized spacial score (nSPS) is 13.6. The molecular weight excluding hydrogens is 1070 g/mol. The molecule has 9 amide bonds. The number of benzene rings is 4. The van der Waals surface area contributed by atoms with Crippen LogP contribution in [-0.4, -0.2) is 101 Å². The molecule has 0 unspecified atom stereocenters. The summed E-state index contributed by atoms with van der Waals surface area (Å²) >= 11 is 0. The molecule has 20 heteroatoms. The molecular formula is C64H81N9O11. The standard InChI is InChI=1S/C64H81N9O11/c1-39(2)51(34-41(5)60(80)81)72(11)59(79)56(63(6,7)8)71-53(75)36-64(9,10)46-21-16-22-48(35-46)68-62(83)84-38-42-25-29-47(30-26-42)67-57(77)49(23-17-33-66-61(65)82)69-58(78)55(40(3)4)70-52(74)31-32-54(76)73-37-45-20-13-12-18-43(45)27-28-44-19-14-15-24-50(44)73/h12-16,18-22,24-26,29-30,34-35,39-40,49,51,55-56H,17,23,31-33,36-38H2,1-11H3,(H,67,77)(H,68,83)(H,69,78)(H,70,74)(H,71,75)(H,80,81)(H3,65,66,82)/b41-34+/t49-,51+,55-,56+/m0/s1. The molecule has 0 saturated heterocycles. The number of nitrogens with one attached hydrogen (secondary N) is 6. The maximum absolute atomic E-state index is 14.0. The number of carboxylic acid groups (broad SMARTS) is 1. The molecule has 0 bridgehead atoms. The van der Waals surface area contributed by atoms with Crippen LogP contribution in [0.3, 0.4) is 0 Å². The monoisotopic (exact) mass is 1150 g/mol. The Balaban J connectivity index is 1.16. The van der Waals surface area contributed by atoms with Crippen molar-refractivity contribution in [2.75, 3.05) is 29.1 Å². The van der Waals surface area contributed by atoms with E-state index in [0.717, 1.165) is 16.7 Å². The molecule has 9 N–H and O–H groups in total. The number of carboxylic acids is 1. The molecule has 4 aromatic rings. The summed E-state index contributed by atoms with van der Waals surface area (Å²) in [4.78, 5) is 122. The summed E-state index contributed by atoms with van der Waals surface area (Å²) in [5, 5.41) is 26.0. The lowest BCUT2D eigenvalue weighted by atomic mass is 9.80. The molecule has 0 fully saturated rings. The van der Waals surface area contributed by atoms with E-state index in [1.807, 2.05) is 103 Å². The number of fused-ring (bicyclic) bond motifs is 2. The third kappa shape index (κ3) is 19.3. The van der Waals surface area contributed by atoms with E-state index in [4.69, 9.17) is 10.5 Å². The Kier molecular flexibility index (Phi) is 23.4. The van der Waals surface area contributed by atoms with Gasteiger partial charge in [-0.1, -0.05) is 135 Å². The van der Waals surface area contributed by atoms with Gasteiger partial charge in [0.05, 0.1) is 18.3 Å². The number of nitrogens with two attached hydrogens (primary N) is 1. The molecule has 448 valence electrons. The lowest BCUT2D eigenvalue weighted by Gasteiger charge is -2.38. The van der Waals surface area contributed by atoms with E-state index in [0.29, 0.717) is 28.2 Å². The van der Waals surface area contributed by atoms with Gasteiger partial charge in [-0.25, -0.2) is 14.4 Å². The van der Waals surface area contributed by atoms with Crippen LogP contribution < -0.4 is 42.5 Å². The molecule has 5 rings (SSSR count). The predicted octanol–water partition coefficient (Wildman–Crippen LogP) is 7.89. The molecule has 1 aliphatic heterocycles. The highest BCUT2D eigenvalue weighted by Gasteiger charge is 2.38. The molecule has 0 aromatic heterocycles. The van der Waals surface area contributed by atoms with Crippen LogP contribution in [0.4, 0.5) is 26.7 Å². The van der Waals surface area contributed by atoms with Crippen molar-refractivity contribution in [1.82, 2.24) is 26.2 Å². The molecule has 84 heavy (non-hydrogen) atoms. The first-order chi connectivity index (χ1) is 39.5. The van der Waals surface area contributed by atoms with E-state index in [9.17, 15) is 48.3 Å². The van der Waals surface area contributed by atoms with Gasteiger partial charge in [-0.3, -0.25) is 34.1 Å². The molecule has 0 radical (unpaired) electrons. The summed E-state index contributed by atoms with van der Waals surface area (Å²) in [6.45, 7) is 18.3. The Morgan fingerprint density at radius 3 is 2.05 bits per heavy atom. The second kappa shape index (κ2) is 29.8. The number of urea groups is 1. The average molecular weight is 1150 g/mol. The van der Waals surface area contributed by atoms with E-state index in [-0.39, 0.29) is 81.0 Å². The molecule has 20 nitrogen and oxygen atoms in total. The van der Waals surface area contributed by atoms with Gasteiger partial charge in [-0.15, -0.1) is 0 Å². The Morgan fingerprint density at radius 2 is 1.40 bits per heavy atom. The van der Waals surface area contributed by atoms with Crippen molar-refractivity contribution in [3.05, 3.63) is 137 Å². The van der Waals surface area contributed by atoms with Gasteiger partial charge in [0.1, 0.15) is 24.7 Å². The number of primary amides is 1. The van der Waals surface area contributed by atoms with Gasteiger partial charge in [-0.05, 0) is 102 Å². The van der Waals surface area contributed by atoms with Crippen LogP contribution in [0.15, 0.2) is 109 Å².